The maximum atomic E-state index is 13.4. The summed E-state index contributed by atoms with van der Waals surface area (Å²) in [4.78, 5) is 19.3. The monoisotopic (exact) mass is 397 g/mol. The van der Waals surface area contributed by atoms with E-state index >= 15 is 0 Å². The van der Waals surface area contributed by atoms with Crippen molar-refractivity contribution >= 4 is 23.2 Å². The molecule has 0 saturated carbocycles. The summed E-state index contributed by atoms with van der Waals surface area (Å²) >= 11 is 6.13. The van der Waals surface area contributed by atoms with Crippen LogP contribution in [0.3, 0.4) is 0 Å². The summed E-state index contributed by atoms with van der Waals surface area (Å²) < 4.78 is 7.44. The van der Waals surface area contributed by atoms with Crippen LogP contribution in [0.15, 0.2) is 42.6 Å². The number of anilines is 1. The molecule has 7 nitrogen and oxygen atoms in total. The normalized spacial score (nSPS) is 15.8. The van der Waals surface area contributed by atoms with Crippen molar-refractivity contribution in [3.63, 3.8) is 0 Å². The first-order chi connectivity index (χ1) is 13.6. The number of fused-ring (bicyclic) bond motifs is 1. The van der Waals surface area contributed by atoms with Gasteiger partial charge in [0.1, 0.15) is 11.8 Å². The minimum Gasteiger partial charge on any atom is -0.471 e. The average Bonchev–Trinajstić information content (AvgIpc) is 3.10. The molecule has 3 aromatic rings. The third-order valence-electron chi connectivity index (χ3n) is 4.54. The van der Waals surface area contributed by atoms with Gasteiger partial charge in [-0.05, 0) is 43.7 Å². The van der Waals surface area contributed by atoms with Crippen molar-refractivity contribution in [2.45, 2.75) is 32.8 Å². The maximum absolute atomic E-state index is 13.4. The Morgan fingerprint density at radius 2 is 2.18 bits per heavy atom. The van der Waals surface area contributed by atoms with Gasteiger partial charge in [-0.25, -0.2) is 9.67 Å². The van der Waals surface area contributed by atoms with E-state index in [4.69, 9.17) is 16.3 Å². The smallest absolute Gasteiger partial charge is 0.281 e. The van der Waals surface area contributed by atoms with E-state index in [9.17, 15) is 4.79 Å². The Kier molecular flexibility index (Phi) is 5.00. The second kappa shape index (κ2) is 7.59. The van der Waals surface area contributed by atoms with E-state index in [1.807, 2.05) is 25.1 Å². The van der Waals surface area contributed by atoms with Crippen LogP contribution < -0.4 is 9.64 Å². The van der Waals surface area contributed by atoms with Crippen LogP contribution in [0.25, 0.3) is 5.69 Å². The Bertz CT molecular complexity index is 1020. The number of hydrogen-bond donors (Lipinski definition) is 0. The number of rotatable bonds is 4. The third kappa shape index (κ3) is 3.33. The van der Waals surface area contributed by atoms with Crippen LogP contribution in [0.5, 0.6) is 5.88 Å². The van der Waals surface area contributed by atoms with Crippen molar-refractivity contribution in [2.24, 2.45) is 0 Å². The highest BCUT2D eigenvalue weighted by Gasteiger charge is 2.32. The molecule has 28 heavy (non-hydrogen) atoms. The minimum absolute atomic E-state index is 0.163. The SMILES string of the molecule is CCCc1c(C(=O)N2C[C@H](C)Oc3ncccc32)nnn1-c1cccc(Cl)c1. The molecule has 1 atom stereocenters. The predicted octanol–water partition coefficient (Wildman–Crippen LogP) is 3.70. The molecule has 0 bridgehead atoms. The quantitative estimate of drug-likeness (QED) is 0.671. The molecule has 3 heterocycles. The summed E-state index contributed by atoms with van der Waals surface area (Å²) in [6, 6.07) is 11.0. The number of nitrogens with zero attached hydrogens (tertiary/aromatic N) is 5. The van der Waals surface area contributed by atoms with Crippen molar-refractivity contribution in [3.8, 4) is 11.6 Å². The lowest BCUT2D eigenvalue weighted by Crippen LogP contribution is -2.43. The fourth-order valence-corrected chi connectivity index (χ4v) is 3.51. The van der Waals surface area contributed by atoms with Gasteiger partial charge in [0.25, 0.3) is 5.91 Å². The summed E-state index contributed by atoms with van der Waals surface area (Å²) in [5.41, 5.74) is 2.52. The third-order valence-corrected chi connectivity index (χ3v) is 4.78. The molecule has 0 fully saturated rings. The molecule has 0 unspecified atom stereocenters. The van der Waals surface area contributed by atoms with E-state index in [0.29, 0.717) is 35.2 Å². The van der Waals surface area contributed by atoms with Crippen molar-refractivity contribution < 1.29 is 9.53 Å². The van der Waals surface area contributed by atoms with Gasteiger partial charge in [0, 0.05) is 11.2 Å². The fraction of sp³-hybridized carbons (Fsp3) is 0.300. The molecule has 1 amide bonds. The first-order valence-electron chi connectivity index (χ1n) is 9.22. The minimum atomic E-state index is -0.207. The lowest BCUT2D eigenvalue weighted by atomic mass is 10.1. The number of benzene rings is 1. The molecule has 0 radical (unpaired) electrons. The number of amides is 1. The van der Waals surface area contributed by atoms with Crippen LogP contribution in [-0.2, 0) is 6.42 Å². The van der Waals surface area contributed by atoms with Gasteiger partial charge in [0.15, 0.2) is 5.69 Å². The Morgan fingerprint density at radius 3 is 2.96 bits per heavy atom. The van der Waals surface area contributed by atoms with Crippen LogP contribution in [-0.4, -0.2) is 38.5 Å². The Labute approximate surface area is 167 Å². The van der Waals surface area contributed by atoms with Gasteiger partial charge >= 0.3 is 0 Å². The summed E-state index contributed by atoms with van der Waals surface area (Å²) in [6.45, 7) is 4.39. The van der Waals surface area contributed by atoms with Crippen LogP contribution in [0.4, 0.5) is 5.69 Å². The number of halogens is 1. The Balaban J connectivity index is 1.76. The van der Waals surface area contributed by atoms with E-state index in [1.54, 1.807) is 34.0 Å². The first-order valence-corrected chi connectivity index (χ1v) is 9.60. The second-order valence-corrected chi connectivity index (χ2v) is 7.13. The summed E-state index contributed by atoms with van der Waals surface area (Å²) in [6.07, 6.45) is 3.01. The molecule has 2 aromatic heterocycles. The number of carbonyl (C=O) groups excluding carboxylic acids is 1. The topological polar surface area (TPSA) is 73.1 Å². The van der Waals surface area contributed by atoms with E-state index in [0.717, 1.165) is 17.8 Å². The van der Waals surface area contributed by atoms with E-state index in [-0.39, 0.29) is 12.0 Å². The molecule has 0 N–H and O–H groups in total. The molecule has 0 spiro atoms. The van der Waals surface area contributed by atoms with Gasteiger partial charge in [-0.1, -0.05) is 36.2 Å². The lowest BCUT2D eigenvalue weighted by molar-refractivity contribution is 0.0953. The number of pyridine rings is 1. The second-order valence-electron chi connectivity index (χ2n) is 6.70. The Morgan fingerprint density at radius 1 is 1.32 bits per heavy atom. The lowest BCUT2D eigenvalue weighted by Gasteiger charge is -2.32. The summed E-state index contributed by atoms with van der Waals surface area (Å²) in [5.74, 6) is 0.245. The molecule has 1 aromatic carbocycles. The van der Waals surface area contributed by atoms with Crippen LogP contribution >= 0.6 is 11.6 Å². The van der Waals surface area contributed by atoms with Gasteiger partial charge in [0.05, 0.1) is 17.9 Å². The van der Waals surface area contributed by atoms with Crippen LogP contribution in [0.1, 0.15) is 36.5 Å². The van der Waals surface area contributed by atoms with Gasteiger partial charge in [-0.15, -0.1) is 5.10 Å². The van der Waals surface area contributed by atoms with Crippen molar-refractivity contribution in [1.29, 1.82) is 0 Å². The summed E-state index contributed by atoms with van der Waals surface area (Å²) in [5, 5.41) is 9.08. The largest absolute Gasteiger partial charge is 0.471 e. The Hall–Kier alpha value is -2.93. The molecule has 8 heteroatoms. The molecular weight excluding hydrogens is 378 g/mol. The molecule has 1 aliphatic rings. The van der Waals surface area contributed by atoms with E-state index in [2.05, 4.69) is 22.2 Å². The van der Waals surface area contributed by atoms with E-state index < -0.39 is 0 Å². The van der Waals surface area contributed by atoms with Crippen molar-refractivity contribution in [1.82, 2.24) is 20.0 Å². The number of aromatic nitrogens is 4. The molecule has 1 aliphatic heterocycles. The van der Waals surface area contributed by atoms with Gasteiger partial charge < -0.3 is 4.74 Å². The van der Waals surface area contributed by atoms with Crippen LogP contribution in [0, 0.1) is 0 Å². The molecule has 0 saturated heterocycles. The molecule has 0 aliphatic carbocycles. The molecule has 144 valence electrons. The number of hydrogen-bond acceptors (Lipinski definition) is 5. The van der Waals surface area contributed by atoms with Gasteiger partial charge in [0.2, 0.25) is 5.88 Å². The maximum Gasteiger partial charge on any atom is 0.281 e. The zero-order valence-electron chi connectivity index (χ0n) is 15.7. The molecule has 4 rings (SSSR count). The van der Waals surface area contributed by atoms with Crippen LogP contribution in [0.2, 0.25) is 5.02 Å². The average molecular weight is 398 g/mol. The van der Waals surface area contributed by atoms with Gasteiger partial charge in [-0.2, -0.15) is 0 Å². The summed E-state index contributed by atoms with van der Waals surface area (Å²) in [7, 11) is 0. The number of ether oxygens (including phenoxy) is 1. The van der Waals surface area contributed by atoms with Crippen molar-refractivity contribution in [2.75, 3.05) is 11.4 Å². The fourth-order valence-electron chi connectivity index (χ4n) is 3.33. The zero-order valence-corrected chi connectivity index (χ0v) is 16.4. The highest BCUT2D eigenvalue weighted by molar-refractivity contribution is 6.30. The predicted molar refractivity (Wildman–Crippen MR) is 106 cm³/mol. The van der Waals surface area contributed by atoms with Gasteiger partial charge in [-0.3, -0.25) is 9.69 Å². The standard InChI is InChI=1S/C20H20ClN5O2/c1-3-6-16-18(23-24-26(16)15-8-4-7-14(21)11-15)20(27)25-12-13(2)28-19-17(25)9-5-10-22-19/h4-5,7-11,13H,3,6,12H2,1-2H3/t13-/m0/s1. The van der Waals surface area contributed by atoms with Crippen molar-refractivity contribution in [3.05, 3.63) is 59.0 Å². The number of carbonyl (C=O) groups is 1. The highest BCUT2D eigenvalue weighted by Crippen LogP contribution is 2.32. The molecular formula is C20H20ClN5O2. The van der Waals surface area contributed by atoms with E-state index in [1.165, 1.54) is 0 Å². The zero-order chi connectivity index (χ0) is 19.7. The first kappa shape index (κ1) is 18.4. The highest BCUT2D eigenvalue weighted by atomic mass is 35.5.